The fraction of sp³-hybridized carbons (Fsp3) is 0.526. The summed E-state index contributed by atoms with van der Waals surface area (Å²) in [5.74, 6) is 6.11. The molecule has 1 aliphatic heterocycles. The number of carbonyl (C=O) groups excluding carboxylic acids is 1. The van der Waals surface area contributed by atoms with Gasteiger partial charge in [-0.3, -0.25) is 0 Å². The topological polar surface area (TPSA) is 49.8 Å². The van der Waals surface area contributed by atoms with Gasteiger partial charge in [-0.15, -0.1) is 0 Å². The first-order chi connectivity index (χ1) is 11.5. The van der Waals surface area contributed by atoms with E-state index in [1.165, 1.54) is 0 Å². The molecular formula is C19H22ClNO3. The largest absolute Gasteiger partial charge is 0.450 e. The number of nitrogens with zero attached hydrogens (tertiary/aromatic N) is 1. The highest BCUT2D eigenvalue weighted by atomic mass is 35.5. The summed E-state index contributed by atoms with van der Waals surface area (Å²) in [4.78, 5) is 13.9. The van der Waals surface area contributed by atoms with E-state index >= 15 is 0 Å². The van der Waals surface area contributed by atoms with Gasteiger partial charge in [0, 0.05) is 29.1 Å². The number of hydrogen-bond acceptors (Lipinski definition) is 3. The lowest BCUT2D eigenvalue weighted by molar-refractivity contribution is -0.0145. The first-order valence-electron chi connectivity index (χ1n) is 8.48. The van der Waals surface area contributed by atoms with Gasteiger partial charge in [-0.1, -0.05) is 29.5 Å². The monoisotopic (exact) mass is 347 g/mol. The molecule has 1 heterocycles. The highest BCUT2D eigenvalue weighted by Crippen LogP contribution is 2.42. The van der Waals surface area contributed by atoms with Gasteiger partial charge < -0.3 is 14.7 Å². The molecule has 0 spiro atoms. The molecule has 1 amide bonds. The summed E-state index contributed by atoms with van der Waals surface area (Å²) in [5, 5.41) is 11.7. The van der Waals surface area contributed by atoms with Gasteiger partial charge in [0.05, 0.1) is 6.61 Å². The van der Waals surface area contributed by atoms with E-state index in [1.807, 2.05) is 12.1 Å². The second-order valence-electron chi connectivity index (χ2n) is 6.43. The Labute approximate surface area is 147 Å². The fourth-order valence-electron chi connectivity index (χ4n) is 3.87. The normalized spacial score (nSPS) is 28.7. The summed E-state index contributed by atoms with van der Waals surface area (Å²) >= 11 is 5.99. The number of carbonyl (C=O) groups is 1. The van der Waals surface area contributed by atoms with Crippen molar-refractivity contribution in [1.82, 2.24) is 4.90 Å². The molecule has 1 aromatic carbocycles. The Kier molecular flexibility index (Phi) is 5.03. The molecular weight excluding hydrogens is 326 g/mol. The van der Waals surface area contributed by atoms with Gasteiger partial charge in [0.15, 0.2) is 0 Å². The zero-order chi connectivity index (χ0) is 17.2. The fourth-order valence-corrected chi connectivity index (χ4v) is 4.06. The van der Waals surface area contributed by atoms with Crippen molar-refractivity contribution in [3.63, 3.8) is 0 Å². The van der Waals surface area contributed by atoms with Crippen LogP contribution >= 0.6 is 11.6 Å². The van der Waals surface area contributed by atoms with E-state index in [0.29, 0.717) is 24.6 Å². The number of aliphatic hydroxyl groups is 1. The number of fused-ring (bicyclic) bond motifs is 1. The Balaban J connectivity index is 1.80. The SMILES string of the molecule is CCOC(=O)N1CC[C@H]2[C@@H]1CCC[C@]2(O)C#Cc1cccc(Cl)c1. The Morgan fingerprint density at radius 2 is 2.33 bits per heavy atom. The molecule has 3 rings (SSSR count). The quantitative estimate of drug-likeness (QED) is 0.791. The third-order valence-electron chi connectivity index (χ3n) is 4.97. The number of rotatable bonds is 1. The van der Waals surface area contributed by atoms with Gasteiger partial charge in [0.2, 0.25) is 0 Å². The summed E-state index contributed by atoms with van der Waals surface area (Å²) in [6.07, 6.45) is 2.85. The van der Waals surface area contributed by atoms with E-state index in [2.05, 4.69) is 11.8 Å². The maximum Gasteiger partial charge on any atom is 0.410 e. The van der Waals surface area contributed by atoms with E-state index < -0.39 is 5.60 Å². The van der Waals surface area contributed by atoms with Gasteiger partial charge in [0.1, 0.15) is 5.60 Å². The molecule has 4 nitrogen and oxygen atoms in total. The van der Waals surface area contributed by atoms with Crippen molar-refractivity contribution >= 4 is 17.7 Å². The Bertz CT molecular complexity index is 681. The van der Waals surface area contributed by atoms with Gasteiger partial charge in [0.25, 0.3) is 0 Å². The van der Waals surface area contributed by atoms with E-state index in [9.17, 15) is 9.90 Å². The van der Waals surface area contributed by atoms with Crippen molar-refractivity contribution < 1.29 is 14.6 Å². The zero-order valence-electron chi connectivity index (χ0n) is 13.8. The minimum absolute atomic E-state index is 0.0106. The van der Waals surface area contributed by atoms with Gasteiger partial charge in [-0.05, 0) is 50.8 Å². The molecule has 0 aromatic heterocycles. The van der Waals surface area contributed by atoms with Crippen LogP contribution in [0.2, 0.25) is 5.02 Å². The number of halogens is 1. The van der Waals surface area contributed by atoms with Crippen LogP contribution in [-0.2, 0) is 4.74 Å². The van der Waals surface area contributed by atoms with Gasteiger partial charge in [-0.2, -0.15) is 0 Å². The van der Waals surface area contributed by atoms with Crippen molar-refractivity contribution in [3.05, 3.63) is 34.9 Å². The molecule has 0 radical (unpaired) electrons. The minimum atomic E-state index is -1.06. The highest BCUT2D eigenvalue weighted by molar-refractivity contribution is 6.30. The molecule has 0 unspecified atom stereocenters. The molecule has 5 heteroatoms. The number of hydrogen-bond donors (Lipinski definition) is 1. The third-order valence-corrected chi connectivity index (χ3v) is 5.20. The van der Waals surface area contributed by atoms with Crippen LogP contribution in [0.3, 0.4) is 0 Å². The summed E-state index contributed by atoms with van der Waals surface area (Å²) in [6.45, 7) is 2.79. The smallest absolute Gasteiger partial charge is 0.410 e. The number of ether oxygens (including phenoxy) is 1. The second kappa shape index (κ2) is 7.04. The predicted octanol–water partition coefficient (Wildman–Crippen LogP) is 3.45. The van der Waals surface area contributed by atoms with Gasteiger partial charge >= 0.3 is 6.09 Å². The lowest BCUT2D eigenvalue weighted by Crippen LogP contribution is -2.49. The van der Waals surface area contributed by atoms with E-state index in [-0.39, 0.29) is 18.1 Å². The van der Waals surface area contributed by atoms with Crippen molar-refractivity contribution in [2.24, 2.45) is 5.92 Å². The highest BCUT2D eigenvalue weighted by Gasteiger charge is 2.50. The van der Waals surface area contributed by atoms with Crippen molar-refractivity contribution in [1.29, 1.82) is 0 Å². The zero-order valence-corrected chi connectivity index (χ0v) is 14.6. The van der Waals surface area contributed by atoms with E-state index in [4.69, 9.17) is 16.3 Å². The molecule has 1 saturated carbocycles. The summed E-state index contributed by atoms with van der Waals surface area (Å²) in [6, 6.07) is 7.32. The first kappa shape index (κ1) is 17.1. The van der Waals surface area contributed by atoms with Crippen LogP contribution in [0.25, 0.3) is 0 Å². The lowest BCUT2D eigenvalue weighted by atomic mass is 9.73. The van der Waals surface area contributed by atoms with E-state index in [0.717, 1.165) is 24.8 Å². The van der Waals surface area contributed by atoms with Crippen LogP contribution in [0.5, 0.6) is 0 Å². The Hall–Kier alpha value is -1.70. The number of amides is 1. The summed E-state index contributed by atoms with van der Waals surface area (Å²) < 4.78 is 5.14. The molecule has 1 aromatic rings. The predicted molar refractivity (Wildman–Crippen MR) is 92.8 cm³/mol. The van der Waals surface area contributed by atoms with Crippen LogP contribution in [0.15, 0.2) is 24.3 Å². The standard InChI is InChI=1S/C19H22ClNO3/c1-2-24-18(22)21-12-9-16-17(21)7-4-10-19(16,23)11-8-14-5-3-6-15(20)13-14/h3,5-6,13,16-17,23H,2,4,7,9-10,12H2,1H3/t16-,17-,19-/m0/s1. The first-order valence-corrected chi connectivity index (χ1v) is 8.86. The van der Waals surface area contributed by atoms with Crippen LogP contribution in [0.4, 0.5) is 4.79 Å². The average molecular weight is 348 g/mol. The van der Waals surface area contributed by atoms with Crippen LogP contribution < -0.4 is 0 Å². The Morgan fingerprint density at radius 3 is 3.08 bits per heavy atom. The number of benzene rings is 1. The average Bonchev–Trinajstić information content (AvgIpc) is 2.99. The molecule has 2 aliphatic rings. The summed E-state index contributed by atoms with van der Waals surface area (Å²) in [7, 11) is 0. The third kappa shape index (κ3) is 3.38. The Morgan fingerprint density at radius 1 is 1.50 bits per heavy atom. The molecule has 1 saturated heterocycles. The molecule has 2 fully saturated rings. The van der Waals surface area contributed by atoms with Crippen LogP contribution in [-0.4, -0.2) is 40.9 Å². The number of likely N-dealkylation sites (tertiary alicyclic amines) is 1. The van der Waals surface area contributed by atoms with Gasteiger partial charge in [-0.25, -0.2) is 4.79 Å². The molecule has 0 bridgehead atoms. The van der Waals surface area contributed by atoms with Crippen molar-refractivity contribution in [3.8, 4) is 11.8 Å². The maximum absolute atomic E-state index is 12.1. The molecule has 128 valence electrons. The molecule has 1 N–H and O–H groups in total. The van der Waals surface area contributed by atoms with Crippen LogP contribution in [0.1, 0.15) is 38.2 Å². The second-order valence-corrected chi connectivity index (χ2v) is 6.87. The molecule has 1 aliphatic carbocycles. The van der Waals surface area contributed by atoms with Crippen LogP contribution in [0, 0.1) is 17.8 Å². The van der Waals surface area contributed by atoms with Crippen molar-refractivity contribution in [2.45, 2.75) is 44.2 Å². The van der Waals surface area contributed by atoms with E-state index in [1.54, 1.807) is 24.0 Å². The molecule has 3 atom stereocenters. The minimum Gasteiger partial charge on any atom is -0.450 e. The maximum atomic E-state index is 12.1. The summed E-state index contributed by atoms with van der Waals surface area (Å²) in [5.41, 5.74) is -0.273. The molecule has 24 heavy (non-hydrogen) atoms. The lowest BCUT2D eigenvalue weighted by Gasteiger charge is -2.39. The van der Waals surface area contributed by atoms with Crippen molar-refractivity contribution in [2.75, 3.05) is 13.2 Å².